The molecule has 2 unspecified atom stereocenters. The molecule has 0 bridgehead atoms. The maximum Gasteiger partial charge on any atom is 0.361 e. The molecule has 0 fully saturated rings. The van der Waals surface area contributed by atoms with Crippen LogP contribution in [0, 0.1) is 0 Å². The molecule has 1 N–H and O–H groups in total. The summed E-state index contributed by atoms with van der Waals surface area (Å²) >= 11 is 0. The van der Waals surface area contributed by atoms with Gasteiger partial charge in [0.2, 0.25) is 0 Å². The highest BCUT2D eigenvalue weighted by Gasteiger charge is 2.25. The van der Waals surface area contributed by atoms with E-state index in [2.05, 4.69) is 148 Å². The number of unbranched alkanes of at least 4 members (excludes halogenated alkanes) is 37. The zero-order valence-electron chi connectivity index (χ0n) is 63.7. The zero-order valence-corrected chi connectivity index (χ0v) is 63.7. The summed E-state index contributed by atoms with van der Waals surface area (Å²) in [5.74, 6) is -2.05. The smallest absolute Gasteiger partial charge is 0.361 e. The number of likely N-dealkylation sites (N-methyl/N-ethyl adjacent to an activating group) is 1. The fraction of sp³-hybridized carbons (Fsp3) is 0.716. The quantitative estimate of drug-likeness (QED) is 0.0211. The van der Waals surface area contributed by atoms with Gasteiger partial charge in [-0.25, -0.2) is 4.79 Å². The van der Waals surface area contributed by atoms with Crippen molar-refractivity contribution in [3.8, 4) is 0 Å². The topological polar surface area (TPSA) is 108 Å². The van der Waals surface area contributed by atoms with Crippen molar-refractivity contribution in [2.75, 3.05) is 47.5 Å². The number of esters is 2. The number of hydrogen-bond donors (Lipinski definition) is 1. The first-order chi connectivity index (χ1) is 47.6. The number of carboxylic acid groups (broad SMARTS) is 1. The molecule has 0 amide bonds. The minimum atomic E-state index is -1.53. The van der Waals surface area contributed by atoms with Crippen molar-refractivity contribution in [3.05, 3.63) is 134 Å². The Balaban J connectivity index is 4.05. The largest absolute Gasteiger partial charge is 0.477 e. The lowest BCUT2D eigenvalue weighted by molar-refractivity contribution is -0.870. The predicted molar refractivity (Wildman–Crippen MR) is 419 cm³/mol. The molecule has 0 heterocycles. The van der Waals surface area contributed by atoms with E-state index in [0.29, 0.717) is 23.9 Å². The van der Waals surface area contributed by atoms with Crippen LogP contribution in [0.25, 0.3) is 0 Å². The molecule has 9 heteroatoms. The van der Waals surface area contributed by atoms with Crippen LogP contribution in [-0.2, 0) is 33.3 Å². The average molecular weight is 1350 g/mol. The van der Waals surface area contributed by atoms with Crippen molar-refractivity contribution in [1.29, 1.82) is 0 Å². The van der Waals surface area contributed by atoms with E-state index in [0.717, 1.165) is 103 Å². The monoisotopic (exact) mass is 1350 g/mol. The van der Waals surface area contributed by atoms with Gasteiger partial charge in [-0.2, -0.15) is 0 Å². The fourth-order valence-corrected chi connectivity index (χ4v) is 11.3. The van der Waals surface area contributed by atoms with Gasteiger partial charge in [-0.05, 0) is 116 Å². The van der Waals surface area contributed by atoms with Crippen LogP contribution in [0.2, 0.25) is 0 Å². The van der Waals surface area contributed by atoms with Gasteiger partial charge < -0.3 is 28.5 Å². The molecule has 0 saturated carbocycles. The molecule has 0 saturated heterocycles. The molecule has 556 valence electrons. The summed E-state index contributed by atoms with van der Waals surface area (Å²) in [5, 5.41) is 9.77. The number of quaternary nitrogens is 1. The second kappa shape index (κ2) is 77.2. The maximum absolute atomic E-state index is 13.0. The summed E-state index contributed by atoms with van der Waals surface area (Å²) in [6.07, 6.45) is 109. The summed E-state index contributed by atoms with van der Waals surface area (Å²) in [5.41, 5.74) is 0. The first-order valence-electron chi connectivity index (χ1n) is 40.3. The van der Waals surface area contributed by atoms with E-state index in [4.69, 9.17) is 18.9 Å². The third-order valence-electron chi connectivity index (χ3n) is 17.4. The van der Waals surface area contributed by atoms with E-state index in [-0.39, 0.29) is 32.2 Å². The third kappa shape index (κ3) is 78.6. The number of carbonyl (C=O) groups excluding carboxylic acids is 2. The van der Waals surface area contributed by atoms with Gasteiger partial charge in [-0.1, -0.05) is 353 Å². The maximum atomic E-state index is 13.0. The van der Waals surface area contributed by atoms with E-state index in [1.165, 1.54) is 212 Å². The van der Waals surface area contributed by atoms with Crippen molar-refractivity contribution in [1.82, 2.24) is 0 Å². The average Bonchev–Trinajstić information content (AvgIpc) is 2.39. The number of rotatable bonds is 74. The normalized spacial score (nSPS) is 13.4. The Kier molecular flexibility index (Phi) is 73.5. The zero-order chi connectivity index (χ0) is 70.4. The van der Waals surface area contributed by atoms with E-state index in [9.17, 15) is 19.5 Å². The van der Waals surface area contributed by atoms with Crippen LogP contribution in [-0.4, -0.2) is 87.4 Å². The van der Waals surface area contributed by atoms with Gasteiger partial charge in [0.1, 0.15) is 13.2 Å². The highest BCUT2D eigenvalue weighted by molar-refractivity contribution is 5.71. The summed E-state index contributed by atoms with van der Waals surface area (Å²) in [4.78, 5) is 37.7. The summed E-state index contributed by atoms with van der Waals surface area (Å²) in [7, 11) is 5.97. The lowest BCUT2D eigenvalue weighted by atomic mass is 10.0. The van der Waals surface area contributed by atoms with Gasteiger partial charge in [0.05, 0.1) is 34.4 Å². The number of nitrogens with zero attached hydrogens (tertiary/aromatic N) is 1. The van der Waals surface area contributed by atoms with Gasteiger partial charge >= 0.3 is 17.9 Å². The van der Waals surface area contributed by atoms with Crippen molar-refractivity contribution in [2.45, 2.75) is 360 Å². The van der Waals surface area contributed by atoms with E-state index in [1.54, 1.807) is 0 Å². The van der Waals surface area contributed by atoms with Crippen LogP contribution in [0.1, 0.15) is 348 Å². The van der Waals surface area contributed by atoms with Gasteiger partial charge in [-0.15, -0.1) is 0 Å². The minimum Gasteiger partial charge on any atom is -0.477 e. The third-order valence-corrected chi connectivity index (χ3v) is 17.4. The van der Waals surface area contributed by atoms with Crippen LogP contribution >= 0.6 is 0 Å². The lowest BCUT2D eigenvalue weighted by Gasteiger charge is -2.25. The highest BCUT2D eigenvalue weighted by Crippen LogP contribution is 2.18. The minimum absolute atomic E-state index is 0.176. The Morgan fingerprint density at radius 2 is 0.588 bits per heavy atom. The standard InChI is InChI=1S/C88H151NO8/c1-6-8-10-12-14-16-18-20-22-24-26-28-30-32-34-36-38-39-40-41-42-43-44-45-46-47-49-50-52-54-56-58-60-62-64-66-68-70-72-74-76-78-85(90)95-82-84(83-96-88(87(92)93)94-81-80-89(3,4)5)97-86(91)79-77-75-73-71-69-67-65-63-61-59-57-55-53-51-48-37-35-33-31-29-27-25-23-21-19-17-15-13-11-9-7-2/h9,11,15,17-18,20-21,23-24,26-27,29,33,35,48,51,55,57,61,63,67,69,84,88H,6-8,10,12-14,16,19,22,25,28,30-32,34,36-47,49-50,52-54,56,58-60,62,64-66,68,70-83H2,1-5H3/p+1/b11-9-,17-15-,20-18-,23-21-,26-24-,29-27-,35-33-,51-48-,57-55-,63-61-,69-67-. The number of hydrogen-bond acceptors (Lipinski definition) is 7. The van der Waals surface area contributed by atoms with Gasteiger partial charge in [0.15, 0.2) is 6.10 Å². The predicted octanol–water partition coefficient (Wildman–Crippen LogP) is 26.0. The molecular weight excluding hydrogens is 1200 g/mol. The summed E-state index contributed by atoms with van der Waals surface area (Å²) in [6.45, 7) is 4.74. The second-order valence-corrected chi connectivity index (χ2v) is 28.0. The van der Waals surface area contributed by atoms with Crippen molar-refractivity contribution < 1.29 is 42.9 Å². The van der Waals surface area contributed by atoms with Crippen LogP contribution < -0.4 is 0 Å². The van der Waals surface area contributed by atoms with Gasteiger partial charge in [0, 0.05) is 12.8 Å². The molecule has 97 heavy (non-hydrogen) atoms. The van der Waals surface area contributed by atoms with Crippen molar-refractivity contribution in [2.24, 2.45) is 0 Å². The molecule has 0 aliphatic carbocycles. The molecule has 0 aromatic heterocycles. The Bertz CT molecular complexity index is 2060. The molecule has 0 rings (SSSR count). The number of ether oxygens (including phenoxy) is 4. The molecule has 0 radical (unpaired) electrons. The van der Waals surface area contributed by atoms with Crippen molar-refractivity contribution >= 4 is 17.9 Å². The first kappa shape index (κ1) is 92.4. The van der Waals surface area contributed by atoms with Gasteiger partial charge in [0.25, 0.3) is 6.29 Å². The molecule has 0 aromatic carbocycles. The summed E-state index contributed by atoms with van der Waals surface area (Å²) < 4.78 is 23.0. The fourth-order valence-electron chi connectivity index (χ4n) is 11.3. The first-order valence-corrected chi connectivity index (χ1v) is 40.3. The Hall–Kier alpha value is -4.57. The number of carboxylic acids is 1. The highest BCUT2D eigenvalue weighted by atomic mass is 16.7. The number of aliphatic carboxylic acids is 1. The van der Waals surface area contributed by atoms with E-state index in [1.807, 2.05) is 21.1 Å². The molecule has 0 aromatic rings. The van der Waals surface area contributed by atoms with E-state index >= 15 is 0 Å². The lowest BCUT2D eigenvalue weighted by Crippen LogP contribution is -2.40. The Morgan fingerprint density at radius 3 is 0.887 bits per heavy atom. The molecule has 0 aliphatic rings. The number of allylic oxidation sites excluding steroid dienone is 22. The molecule has 9 nitrogen and oxygen atoms in total. The Labute approximate surface area is 599 Å². The molecular formula is C88H152NO8+. The van der Waals surface area contributed by atoms with E-state index < -0.39 is 24.3 Å². The second-order valence-electron chi connectivity index (χ2n) is 28.0. The number of carbonyl (C=O) groups is 3. The Morgan fingerprint density at radius 1 is 0.320 bits per heavy atom. The van der Waals surface area contributed by atoms with Gasteiger partial charge in [-0.3, -0.25) is 9.59 Å². The SMILES string of the molecule is CC/C=C\C/C=C\C/C=C\C/C=C\C/C=C\C/C=C\C/C=C\C/C=C\C/C=C\CCCCCC(=O)OC(COC(=O)CCCCCCCCCCCCCCCCCCCCCCCCCCCCCCC/C=C\C/C=C\CCCCCCC)COC(OCC[N+](C)(C)C)C(=O)O. The molecule has 0 spiro atoms. The van der Waals surface area contributed by atoms with Crippen molar-refractivity contribution in [3.63, 3.8) is 0 Å². The van der Waals surface area contributed by atoms with Crippen LogP contribution in [0.3, 0.4) is 0 Å². The molecule has 2 atom stereocenters. The molecule has 0 aliphatic heterocycles. The van der Waals surface area contributed by atoms with Crippen LogP contribution in [0.4, 0.5) is 0 Å². The van der Waals surface area contributed by atoms with Crippen LogP contribution in [0.5, 0.6) is 0 Å². The summed E-state index contributed by atoms with van der Waals surface area (Å²) in [6, 6.07) is 0. The van der Waals surface area contributed by atoms with Crippen LogP contribution in [0.15, 0.2) is 134 Å².